The number of ether oxygens (including phenoxy) is 1. The molecule has 1 atom stereocenters. The van der Waals surface area contributed by atoms with E-state index in [-0.39, 0.29) is 6.42 Å². The molecule has 106 valence electrons. The van der Waals surface area contributed by atoms with Crippen molar-refractivity contribution < 1.29 is 19.0 Å². The van der Waals surface area contributed by atoms with Gasteiger partial charge >= 0.3 is 6.09 Å². The molecular weight excluding hydrogens is 249 g/mol. The van der Waals surface area contributed by atoms with Crippen LogP contribution >= 0.6 is 0 Å². The lowest BCUT2D eigenvalue weighted by atomic mass is 10.1. The summed E-state index contributed by atoms with van der Waals surface area (Å²) in [4.78, 5) is 11.5. The van der Waals surface area contributed by atoms with Crippen molar-refractivity contribution in [1.82, 2.24) is 0 Å². The second-order valence-corrected chi connectivity index (χ2v) is 5.49. The summed E-state index contributed by atoms with van der Waals surface area (Å²) < 4.78 is 18.8. The highest BCUT2D eigenvalue weighted by Gasteiger charge is 2.16. The zero-order chi connectivity index (χ0) is 14.6. The topological polar surface area (TPSA) is 58.6 Å². The maximum Gasteiger partial charge on any atom is 0.412 e. The first-order valence-corrected chi connectivity index (χ1v) is 6.14. The average molecular weight is 269 g/mol. The first kappa shape index (κ1) is 15.4. The number of hydrogen-bond acceptors (Lipinski definition) is 3. The number of carbonyl (C=O) groups excluding carboxylic acids is 1. The van der Waals surface area contributed by atoms with E-state index in [1.54, 1.807) is 33.8 Å². The van der Waals surface area contributed by atoms with Gasteiger partial charge in [-0.05, 0) is 45.4 Å². The number of benzene rings is 1. The van der Waals surface area contributed by atoms with Gasteiger partial charge < -0.3 is 9.84 Å². The van der Waals surface area contributed by atoms with Crippen molar-refractivity contribution in [3.63, 3.8) is 0 Å². The third kappa shape index (κ3) is 5.70. The lowest BCUT2D eigenvalue weighted by molar-refractivity contribution is 0.0636. The second kappa shape index (κ2) is 6.02. The molecule has 5 heteroatoms. The molecule has 0 aliphatic carbocycles. The van der Waals surface area contributed by atoms with Crippen LogP contribution in [0.4, 0.5) is 14.9 Å². The van der Waals surface area contributed by atoms with Gasteiger partial charge in [-0.15, -0.1) is 0 Å². The highest BCUT2D eigenvalue weighted by Crippen LogP contribution is 2.17. The number of halogens is 1. The van der Waals surface area contributed by atoms with E-state index in [9.17, 15) is 14.3 Å². The average Bonchev–Trinajstić information content (AvgIpc) is 2.18. The summed E-state index contributed by atoms with van der Waals surface area (Å²) in [5.74, 6) is -0.463. The molecule has 1 rings (SSSR count). The van der Waals surface area contributed by atoms with E-state index in [0.717, 1.165) is 0 Å². The van der Waals surface area contributed by atoms with Gasteiger partial charge in [0, 0.05) is 12.1 Å². The third-order valence-corrected chi connectivity index (χ3v) is 2.21. The summed E-state index contributed by atoms with van der Waals surface area (Å²) in [6, 6.07) is 4.32. The minimum absolute atomic E-state index is 0.235. The van der Waals surface area contributed by atoms with E-state index in [2.05, 4.69) is 5.32 Å². The molecule has 0 aliphatic heterocycles. The van der Waals surface area contributed by atoms with Gasteiger partial charge in [-0.1, -0.05) is 6.07 Å². The van der Waals surface area contributed by atoms with Crippen LogP contribution in [0.1, 0.15) is 33.3 Å². The highest BCUT2D eigenvalue weighted by molar-refractivity contribution is 5.84. The van der Waals surface area contributed by atoms with Gasteiger partial charge in [0.15, 0.2) is 0 Å². The van der Waals surface area contributed by atoms with Crippen molar-refractivity contribution in [2.24, 2.45) is 0 Å². The van der Waals surface area contributed by atoms with Crippen LogP contribution < -0.4 is 5.32 Å². The molecule has 4 nitrogen and oxygen atoms in total. The fourth-order valence-corrected chi connectivity index (χ4v) is 1.53. The molecule has 0 saturated heterocycles. The molecular formula is C14H20FNO3. The Balaban J connectivity index is 2.71. The van der Waals surface area contributed by atoms with Crippen molar-refractivity contribution >= 4 is 11.8 Å². The maximum absolute atomic E-state index is 13.7. The Hall–Kier alpha value is -1.62. The quantitative estimate of drug-likeness (QED) is 0.886. The predicted octanol–water partition coefficient (Wildman–Crippen LogP) is 3.10. The monoisotopic (exact) mass is 269 g/mol. The number of carbonyl (C=O) groups is 1. The molecule has 1 unspecified atom stereocenters. The minimum atomic E-state index is -0.629. The number of anilines is 1. The summed E-state index contributed by atoms with van der Waals surface area (Å²) >= 11 is 0. The molecule has 0 radical (unpaired) electrons. The Morgan fingerprint density at radius 1 is 1.47 bits per heavy atom. The lowest BCUT2D eigenvalue weighted by Crippen LogP contribution is -2.27. The van der Waals surface area contributed by atoms with E-state index in [1.807, 2.05) is 0 Å². The Bertz CT molecular complexity index is 452. The molecule has 0 fully saturated rings. The number of amides is 1. The lowest BCUT2D eigenvalue weighted by Gasteiger charge is -2.19. The van der Waals surface area contributed by atoms with Crippen LogP contribution in [0.25, 0.3) is 0 Å². The van der Waals surface area contributed by atoms with Crippen molar-refractivity contribution in [2.75, 3.05) is 5.32 Å². The molecule has 1 amide bonds. The van der Waals surface area contributed by atoms with Crippen LogP contribution in [0.5, 0.6) is 0 Å². The van der Waals surface area contributed by atoms with E-state index in [1.165, 1.54) is 12.1 Å². The van der Waals surface area contributed by atoms with Gasteiger partial charge in [0.1, 0.15) is 11.4 Å². The Morgan fingerprint density at radius 3 is 2.58 bits per heavy atom. The predicted molar refractivity (Wildman–Crippen MR) is 71.6 cm³/mol. The highest BCUT2D eigenvalue weighted by atomic mass is 19.1. The summed E-state index contributed by atoms with van der Waals surface area (Å²) in [7, 11) is 0. The first-order chi connectivity index (χ1) is 8.67. The SMILES string of the molecule is CC(O)Cc1ccc(NC(=O)OC(C)(C)C)cc1F. The molecule has 1 aromatic rings. The summed E-state index contributed by atoms with van der Waals surface area (Å²) in [6.45, 7) is 6.84. The van der Waals surface area contributed by atoms with Crippen LogP contribution in [0.3, 0.4) is 0 Å². The molecule has 0 heterocycles. The van der Waals surface area contributed by atoms with Crippen LogP contribution in [-0.4, -0.2) is 22.9 Å². The van der Waals surface area contributed by atoms with Gasteiger partial charge in [0.05, 0.1) is 6.10 Å². The molecule has 1 aromatic carbocycles. The number of rotatable bonds is 3. The smallest absolute Gasteiger partial charge is 0.412 e. The van der Waals surface area contributed by atoms with E-state index in [4.69, 9.17) is 4.74 Å². The third-order valence-electron chi connectivity index (χ3n) is 2.21. The Kier molecular flexibility index (Phi) is 4.89. The number of aliphatic hydroxyl groups is 1. The molecule has 19 heavy (non-hydrogen) atoms. The van der Waals surface area contributed by atoms with Gasteiger partial charge in [-0.25, -0.2) is 9.18 Å². The van der Waals surface area contributed by atoms with Crippen LogP contribution in [-0.2, 0) is 11.2 Å². The minimum Gasteiger partial charge on any atom is -0.444 e. The molecule has 0 saturated carbocycles. The number of hydrogen-bond donors (Lipinski definition) is 2. The number of nitrogens with one attached hydrogen (secondary N) is 1. The Labute approximate surface area is 112 Å². The normalized spacial score (nSPS) is 12.9. The zero-order valence-corrected chi connectivity index (χ0v) is 11.7. The molecule has 0 bridgehead atoms. The van der Waals surface area contributed by atoms with Gasteiger partial charge in [0.2, 0.25) is 0 Å². The molecule has 0 aliphatic rings. The number of aliphatic hydroxyl groups excluding tert-OH is 1. The Morgan fingerprint density at radius 2 is 2.11 bits per heavy atom. The summed E-state index contributed by atoms with van der Waals surface area (Å²) in [5, 5.41) is 11.7. The van der Waals surface area contributed by atoms with Crippen LogP contribution in [0, 0.1) is 5.82 Å². The van der Waals surface area contributed by atoms with Crippen LogP contribution in [0.2, 0.25) is 0 Å². The standard InChI is InChI=1S/C14H20FNO3/c1-9(17)7-10-5-6-11(8-12(10)15)16-13(18)19-14(2,3)4/h5-6,8-9,17H,7H2,1-4H3,(H,16,18). The largest absolute Gasteiger partial charge is 0.444 e. The van der Waals surface area contributed by atoms with Crippen molar-refractivity contribution in [3.05, 3.63) is 29.6 Å². The van der Waals surface area contributed by atoms with Gasteiger partial charge in [-0.2, -0.15) is 0 Å². The van der Waals surface area contributed by atoms with E-state index < -0.39 is 23.6 Å². The fourth-order valence-electron chi connectivity index (χ4n) is 1.53. The van der Waals surface area contributed by atoms with E-state index in [0.29, 0.717) is 11.3 Å². The van der Waals surface area contributed by atoms with Crippen molar-refractivity contribution in [1.29, 1.82) is 0 Å². The molecule has 0 aromatic heterocycles. The fraction of sp³-hybridized carbons (Fsp3) is 0.500. The first-order valence-electron chi connectivity index (χ1n) is 6.14. The van der Waals surface area contributed by atoms with Crippen LogP contribution in [0.15, 0.2) is 18.2 Å². The summed E-state index contributed by atoms with van der Waals surface area (Å²) in [6.07, 6.45) is -1.01. The molecule has 2 N–H and O–H groups in total. The van der Waals surface area contributed by atoms with Crippen molar-refractivity contribution in [2.45, 2.75) is 45.8 Å². The molecule has 0 spiro atoms. The zero-order valence-electron chi connectivity index (χ0n) is 11.7. The van der Waals surface area contributed by atoms with Gasteiger partial charge in [0.25, 0.3) is 0 Å². The second-order valence-electron chi connectivity index (χ2n) is 5.49. The van der Waals surface area contributed by atoms with Crippen molar-refractivity contribution in [3.8, 4) is 0 Å². The summed E-state index contributed by atoms with van der Waals surface area (Å²) in [5.41, 5.74) is 0.125. The van der Waals surface area contributed by atoms with Gasteiger partial charge in [-0.3, -0.25) is 5.32 Å². The van der Waals surface area contributed by atoms with E-state index >= 15 is 0 Å². The maximum atomic E-state index is 13.7.